The van der Waals surface area contributed by atoms with Crippen LogP contribution in [0.1, 0.15) is 82.6 Å². The molecule has 2 aliphatic rings. The molecule has 1 saturated carbocycles. The molecule has 2 aliphatic carbocycles. The Kier molecular flexibility index (Phi) is 4.36. The lowest BCUT2D eigenvalue weighted by Gasteiger charge is -2.57. The Morgan fingerprint density at radius 3 is 2.36 bits per heavy atom. The van der Waals surface area contributed by atoms with Crippen LogP contribution in [0.5, 0.6) is 11.5 Å². The highest BCUT2D eigenvalue weighted by Gasteiger charge is 2.57. The Morgan fingerprint density at radius 1 is 1.16 bits per heavy atom. The van der Waals surface area contributed by atoms with Crippen LogP contribution in [0.2, 0.25) is 0 Å². The first kappa shape index (κ1) is 18.5. The van der Waals surface area contributed by atoms with Crippen LogP contribution in [0, 0.1) is 11.3 Å². The number of benzene rings is 1. The van der Waals surface area contributed by atoms with Gasteiger partial charge in [0.25, 0.3) is 0 Å². The third-order valence-electron chi connectivity index (χ3n) is 6.74. The Hall–Kier alpha value is -1.26. The topological polar surface area (TPSA) is 69.9 Å². The predicted molar refractivity (Wildman–Crippen MR) is 98.2 cm³/mol. The first-order valence-corrected chi connectivity index (χ1v) is 9.36. The second-order valence-corrected chi connectivity index (χ2v) is 9.14. The predicted octanol–water partition coefficient (Wildman–Crippen LogP) is 4.02. The zero-order valence-electron chi connectivity index (χ0n) is 16.3. The molecule has 0 unspecified atom stereocenters. The van der Waals surface area contributed by atoms with Crippen LogP contribution in [0.15, 0.2) is 6.07 Å². The van der Waals surface area contributed by atoms with Crippen molar-refractivity contribution in [3.8, 4) is 11.5 Å². The van der Waals surface area contributed by atoms with Crippen molar-refractivity contribution in [2.75, 3.05) is 7.11 Å². The maximum Gasteiger partial charge on any atom is 0.164 e. The summed E-state index contributed by atoms with van der Waals surface area (Å²) in [6.07, 6.45) is 1.11. The van der Waals surface area contributed by atoms with Gasteiger partial charge in [-0.1, -0.05) is 41.0 Å². The molecule has 0 radical (unpaired) electrons. The van der Waals surface area contributed by atoms with E-state index >= 15 is 0 Å². The normalized spacial score (nSPS) is 33.7. The van der Waals surface area contributed by atoms with Crippen LogP contribution >= 0.6 is 0 Å². The van der Waals surface area contributed by atoms with Crippen LogP contribution in [-0.2, 0) is 5.41 Å². The van der Waals surface area contributed by atoms with Crippen molar-refractivity contribution in [2.24, 2.45) is 11.3 Å². The van der Waals surface area contributed by atoms with Gasteiger partial charge in [-0.3, -0.25) is 0 Å². The molecule has 4 heteroatoms. The van der Waals surface area contributed by atoms with Crippen molar-refractivity contribution in [1.82, 2.24) is 0 Å². The molecule has 1 aromatic rings. The van der Waals surface area contributed by atoms with Crippen LogP contribution in [0.25, 0.3) is 0 Å². The van der Waals surface area contributed by atoms with Crippen molar-refractivity contribution in [2.45, 2.75) is 77.4 Å². The summed E-state index contributed by atoms with van der Waals surface area (Å²) in [5.41, 5.74) is 1.79. The Bertz CT molecular complexity index is 679. The first-order valence-electron chi connectivity index (χ1n) is 9.36. The van der Waals surface area contributed by atoms with E-state index in [1.807, 2.05) is 19.9 Å². The van der Waals surface area contributed by atoms with Gasteiger partial charge in [0, 0.05) is 22.5 Å². The molecule has 0 aliphatic heterocycles. The smallest absolute Gasteiger partial charge is 0.164 e. The summed E-state index contributed by atoms with van der Waals surface area (Å²) >= 11 is 0. The molecule has 4 nitrogen and oxygen atoms in total. The number of fused-ring (bicyclic) bond motifs is 3. The summed E-state index contributed by atoms with van der Waals surface area (Å²) in [6, 6.07) is 1.93. The maximum atomic E-state index is 11.1. The van der Waals surface area contributed by atoms with E-state index in [9.17, 15) is 15.3 Å². The second-order valence-electron chi connectivity index (χ2n) is 9.14. The van der Waals surface area contributed by atoms with Gasteiger partial charge in [-0.05, 0) is 35.8 Å². The fourth-order valence-corrected chi connectivity index (χ4v) is 5.74. The molecule has 0 amide bonds. The van der Waals surface area contributed by atoms with E-state index in [-0.39, 0.29) is 28.4 Å². The van der Waals surface area contributed by atoms with Gasteiger partial charge < -0.3 is 20.1 Å². The lowest BCUT2D eigenvalue weighted by molar-refractivity contribution is -0.114. The molecule has 25 heavy (non-hydrogen) atoms. The molecule has 1 fully saturated rings. The summed E-state index contributed by atoms with van der Waals surface area (Å²) in [4.78, 5) is 0. The maximum absolute atomic E-state index is 11.1. The van der Waals surface area contributed by atoms with Gasteiger partial charge >= 0.3 is 0 Å². The van der Waals surface area contributed by atoms with Gasteiger partial charge in [-0.15, -0.1) is 0 Å². The van der Waals surface area contributed by atoms with Crippen molar-refractivity contribution >= 4 is 0 Å². The average molecular weight is 348 g/mol. The molecular formula is C21H32O4. The third kappa shape index (κ3) is 2.48. The Balaban J connectivity index is 2.33. The average Bonchev–Trinajstić information content (AvgIpc) is 2.50. The zero-order chi connectivity index (χ0) is 18.7. The first-order chi connectivity index (χ1) is 11.6. The lowest BCUT2D eigenvalue weighted by atomic mass is 9.48. The van der Waals surface area contributed by atoms with Crippen molar-refractivity contribution in [3.63, 3.8) is 0 Å². The van der Waals surface area contributed by atoms with Crippen molar-refractivity contribution in [3.05, 3.63) is 22.8 Å². The lowest BCUT2D eigenvalue weighted by Crippen LogP contribution is -2.55. The fraction of sp³-hybridized carbons (Fsp3) is 0.714. The van der Waals surface area contributed by atoms with Gasteiger partial charge in [0.05, 0.1) is 13.2 Å². The summed E-state index contributed by atoms with van der Waals surface area (Å²) < 4.78 is 5.55. The highest BCUT2D eigenvalue weighted by Crippen LogP contribution is 2.62. The summed E-state index contributed by atoms with van der Waals surface area (Å²) in [5.74, 6) is 0.668. The van der Waals surface area contributed by atoms with E-state index in [2.05, 4.69) is 20.8 Å². The molecule has 0 spiro atoms. The van der Waals surface area contributed by atoms with Crippen LogP contribution in [0.3, 0.4) is 0 Å². The summed E-state index contributed by atoms with van der Waals surface area (Å²) in [7, 11) is 1.58. The van der Waals surface area contributed by atoms with E-state index in [1.54, 1.807) is 7.11 Å². The summed E-state index contributed by atoms with van der Waals surface area (Å²) in [5, 5.41) is 33.0. The standard InChI is InChI=1S/C21H32O4/c1-11(2)12-10-13-14(16(23)18(12)25-6)21(5)9-7-8-20(3,4)19(21)17(24)15(13)22/h10-11,15,17,19,22-24H,7-9H2,1-6H3/t15-,17+,19+,21-/m1/s1. The number of aliphatic hydroxyl groups excluding tert-OH is 2. The van der Waals surface area contributed by atoms with Crippen LogP contribution in [0.4, 0.5) is 0 Å². The number of methoxy groups -OCH3 is 1. The number of phenolic OH excluding ortho intramolecular Hbond substituents is 1. The number of hydrogen-bond donors (Lipinski definition) is 3. The van der Waals surface area contributed by atoms with Crippen LogP contribution in [-0.4, -0.2) is 28.5 Å². The van der Waals surface area contributed by atoms with Crippen LogP contribution < -0.4 is 4.74 Å². The van der Waals surface area contributed by atoms with Gasteiger partial charge in [0.15, 0.2) is 11.5 Å². The van der Waals surface area contributed by atoms with Gasteiger partial charge in [0.1, 0.15) is 6.10 Å². The number of hydrogen-bond acceptors (Lipinski definition) is 4. The van der Waals surface area contributed by atoms with E-state index in [0.717, 1.165) is 30.4 Å². The minimum absolute atomic E-state index is 0.110. The largest absolute Gasteiger partial charge is 0.504 e. The minimum Gasteiger partial charge on any atom is -0.504 e. The monoisotopic (exact) mass is 348 g/mol. The van der Waals surface area contributed by atoms with E-state index < -0.39 is 12.2 Å². The van der Waals surface area contributed by atoms with Gasteiger partial charge in [-0.25, -0.2) is 0 Å². The number of aliphatic hydroxyl groups is 2. The molecule has 0 aromatic heterocycles. The molecule has 3 rings (SSSR count). The highest BCUT2D eigenvalue weighted by molar-refractivity contribution is 5.61. The highest BCUT2D eigenvalue weighted by atomic mass is 16.5. The molecule has 0 bridgehead atoms. The molecule has 140 valence electrons. The zero-order valence-corrected chi connectivity index (χ0v) is 16.3. The number of ether oxygens (including phenoxy) is 1. The van der Waals surface area contributed by atoms with Crippen molar-refractivity contribution < 1.29 is 20.1 Å². The Morgan fingerprint density at radius 2 is 1.80 bits per heavy atom. The van der Waals surface area contributed by atoms with E-state index in [4.69, 9.17) is 4.74 Å². The Labute approximate surface area is 150 Å². The molecule has 0 saturated heterocycles. The molecule has 0 heterocycles. The number of phenols is 1. The van der Waals surface area contributed by atoms with E-state index in [0.29, 0.717) is 11.3 Å². The molecular weight excluding hydrogens is 316 g/mol. The van der Waals surface area contributed by atoms with Gasteiger partial charge in [-0.2, -0.15) is 0 Å². The molecule has 1 aromatic carbocycles. The van der Waals surface area contributed by atoms with Crippen molar-refractivity contribution in [1.29, 1.82) is 0 Å². The third-order valence-corrected chi connectivity index (χ3v) is 6.74. The second kappa shape index (κ2) is 5.88. The minimum atomic E-state index is -0.986. The van der Waals surface area contributed by atoms with Gasteiger partial charge in [0.2, 0.25) is 0 Å². The SMILES string of the molecule is COc1c(C(C)C)cc2c(c1O)[C@@]1(C)CCCC(C)(C)[C@@H]1[C@@H](O)[C@@H]2O. The molecule has 4 atom stereocenters. The quantitative estimate of drug-likeness (QED) is 0.755. The number of rotatable bonds is 2. The molecule has 3 N–H and O–H groups in total. The van der Waals surface area contributed by atoms with E-state index in [1.165, 1.54) is 0 Å². The fourth-order valence-electron chi connectivity index (χ4n) is 5.74. The number of aromatic hydroxyl groups is 1. The summed E-state index contributed by atoms with van der Waals surface area (Å²) in [6.45, 7) is 10.5.